The molecule has 1 N–H and O–H groups in total. The molecule has 0 saturated carbocycles. The Morgan fingerprint density at radius 3 is 2.91 bits per heavy atom. The van der Waals surface area contributed by atoms with Crippen LogP contribution in [-0.2, 0) is 4.79 Å². The number of hydrogen-bond donors (Lipinski definition) is 1. The lowest BCUT2D eigenvalue weighted by Gasteiger charge is -2.09. The van der Waals surface area contributed by atoms with Crippen LogP contribution in [0.15, 0.2) is 29.7 Å². The first kappa shape index (κ1) is 16.8. The second-order valence-corrected chi connectivity index (χ2v) is 6.75. The second-order valence-electron chi connectivity index (χ2n) is 5.40. The molecule has 2 aromatic rings. The number of rotatable bonds is 6. The van der Waals surface area contributed by atoms with Crippen molar-refractivity contribution in [2.24, 2.45) is 5.92 Å². The van der Waals surface area contributed by atoms with E-state index in [-0.39, 0.29) is 5.91 Å². The third kappa shape index (κ3) is 4.48. The molecule has 2 rings (SSSR count). The summed E-state index contributed by atoms with van der Waals surface area (Å²) in [5, 5.41) is 12.2. The first-order valence-corrected chi connectivity index (χ1v) is 8.39. The first-order valence-electron chi connectivity index (χ1n) is 7.03. The average molecular weight is 339 g/mol. The number of aromatic nitrogens is 3. The Morgan fingerprint density at radius 1 is 1.45 bits per heavy atom. The molecule has 0 atom stereocenters. The van der Waals surface area contributed by atoms with Crippen molar-refractivity contribution in [3.8, 4) is 5.69 Å². The van der Waals surface area contributed by atoms with Crippen molar-refractivity contribution < 1.29 is 4.79 Å². The molecule has 118 valence electrons. The molecular weight excluding hydrogens is 320 g/mol. The molecule has 0 saturated heterocycles. The maximum absolute atomic E-state index is 11.8. The van der Waals surface area contributed by atoms with Gasteiger partial charge in [-0.2, -0.15) is 0 Å². The summed E-state index contributed by atoms with van der Waals surface area (Å²) in [7, 11) is 0. The molecule has 0 radical (unpaired) electrons. The Bertz CT molecular complexity index is 657. The third-order valence-corrected chi connectivity index (χ3v) is 4.34. The van der Waals surface area contributed by atoms with Crippen LogP contribution in [0.25, 0.3) is 5.69 Å². The van der Waals surface area contributed by atoms with E-state index in [2.05, 4.69) is 29.4 Å². The van der Waals surface area contributed by atoms with Gasteiger partial charge < -0.3 is 5.32 Å². The lowest BCUT2D eigenvalue weighted by molar-refractivity contribution is -0.118. The normalized spacial score (nSPS) is 11.0. The van der Waals surface area contributed by atoms with Crippen LogP contribution in [0.4, 0.5) is 0 Å². The van der Waals surface area contributed by atoms with Crippen LogP contribution < -0.4 is 5.32 Å². The van der Waals surface area contributed by atoms with Gasteiger partial charge in [-0.1, -0.05) is 43.3 Å². The largest absolute Gasteiger partial charge is 0.355 e. The zero-order valence-corrected chi connectivity index (χ0v) is 14.4. The van der Waals surface area contributed by atoms with Crippen molar-refractivity contribution in [2.75, 3.05) is 12.3 Å². The van der Waals surface area contributed by atoms with Crippen molar-refractivity contribution in [2.45, 2.75) is 25.9 Å². The lowest BCUT2D eigenvalue weighted by atomic mass is 10.2. The van der Waals surface area contributed by atoms with Crippen molar-refractivity contribution >= 4 is 29.3 Å². The van der Waals surface area contributed by atoms with Gasteiger partial charge in [0.15, 0.2) is 5.16 Å². The molecule has 0 bridgehead atoms. The summed E-state index contributed by atoms with van der Waals surface area (Å²) in [5.41, 5.74) is 1.89. The highest BCUT2D eigenvalue weighted by molar-refractivity contribution is 7.99. The molecule has 0 aliphatic carbocycles. The highest BCUT2D eigenvalue weighted by Gasteiger charge is 2.11. The number of thioether (sulfide) groups is 1. The number of carbonyl (C=O) groups excluding carboxylic acids is 1. The van der Waals surface area contributed by atoms with Gasteiger partial charge in [0.1, 0.15) is 6.33 Å². The number of carbonyl (C=O) groups is 1. The highest BCUT2D eigenvalue weighted by Crippen LogP contribution is 2.23. The number of nitrogens with zero attached hydrogens (tertiary/aromatic N) is 3. The Labute approximate surface area is 139 Å². The maximum atomic E-state index is 11.8. The summed E-state index contributed by atoms with van der Waals surface area (Å²) in [6.07, 6.45) is 1.62. The summed E-state index contributed by atoms with van der Waals surface area (Å²) in [6, 6.07) is 5.76. The number of hydrogen-bond acceptors (Lipinski definition) is 4. The van der Waals surface area contributed by atoms with Gasteiger partial charge in [-0.25, -0.2) is 0 Å². The van der Waals surface area contributed by atoms with E-state index >= 15 is 0 Å². The van der Waals surface area contributed by atoms with E-state index in [1.165, 1.54) is 11.8 Å². The molecule has 5 nitrogen and oxygen atoms in total. The van der Waals surface area contributed by atoms with Gasteiger partial charge in [0, 0.05) is 11.6 Å². The number of benzene rings is 1. The van der Waals surface area contributed by atoms with Crippen LogP contribution in [0.1, 0.15) is 19.4 Å². The quantitative estimate of drug-likeness (QED) is 0.822. The Balaban J connectivity index is 2.03. The molecule has 0 fully saturated rings. The van der Waals surface area contributed by atoms with Crippen molar-refractivity contribution in [1.29, 1.82) is 0 Å². The van der Waals surface area contributed by atoms with Crippen molar-refractivity contribution in [3.05, 3.63) is 35.1 Å². The minimum absolute atomic E-state index is 0.00446. The van der Waals surface area contributed by atoms with Gasteiger partial charge >= 0.3 is 0 Å². The monoisotopic (exact) mass is 338 g/mol. The smallest absolute Gasteiger partial charge is 0.230 e. The van der Waals surface area contributed by atoms with E-state index < -0.39 is 0 Å². The van der Waals surface area contributed by atoms with E-state index in [1.807, 2.05) is 29.7 Å². The summed E-state index contributed by atoms with van der Waals surface area (Å²) in [6.45, 7) is 6.75. The summed E-state index contributed by atoms with van der Waals surface area (Å²) in [5.74, 6) is 0.743. The van der Waals surface area contributed by atoms with E-state index in [4.69, 9.17) is 11.6 Å². The summed E-state index contributed by atoms with van der Waals surface area (Å²) >= 11 is 7.51. The fraction of sp³-hybridized carbons (Fsp3) is 0.400. The van der Waals surface area contributed by atoms with Crippen LogP contribution in [0.3, 0.4) is 0 Å². The van der Waals surface area contributed by atoms with Gasteiger partial charge in [-0.05, 0) is 30.5 Å². The van der Waals surface area contributed by atoms with Crippen LogP contribution >= 0.6 is 23.4 Å². The minimum atomic E-state index is -0.00446. The molecule has 22 heavy (non-hydrogen) atoms. The molecule has 1 aromatic carbocycles. The Morgan fingerprint density at radius 2 is 2.23 bits per heavy atom. The fourth-order valence-electron chi connectivity index (χ4n) is 1.73. The predicted molar refractivity (Wildman–Crippen MR) is 89.7 cm³/mol. The van der Waals surface area contributed by atoms with Crippen molar-refractivity contribution in [1.82, 2.24) is 20.1 Å². The number of nitrogens with one attached hydrogen (secondary N) is 1. The minimum Gasteiger partial charge on any atom is -0.355 e. The summed E-state index contributed by atoms with van der Waals surface area (Å²) < 4.78 is 1.83. The Hall–Kier alpha value is -1.53. The Kier molecular flexibility index (Phi) is 5.85. The first-order chi connectivity index (χ1) is 10.5. The van der Waals surface area contributed by atoms with E-state index in [1.54, 1.807) is 6.33 Å². The highest BCUT2D eigenvalue weighted by atomic mass is 35.5. The van der Waals surface area contributed by atoms with Gasteiger partial charge in [0.2, 0.25) is 5.91 Å². The molecule has 1 aromatic heterocycles. The van der Waals surface area contributed by atoms with E-state index in [9.17, 15) is 4.79 Å². The molecule has 0 aliphatic heterocycles. The number of aryl methyl sites for hydroxylation is 1. The molecule has 0 aliphatic rings. The van der Waals surface area contributed by atoms with Crippen LogP contribution in [0.5, 0.6) is 0 Å². The average Bonchev–Trinajstić information content (AvgIpc) is 2.94. The molecule has 1 amide bonds. The van der Waals surface area contributed by atoms with Crippen LogP contribution in [0.2, 0.25) is 5.02 Å². The number of halogens is 1. The molecule has 1 heterocycles. The molecule has 0 spiro atoms. The molecular formula is C15H19ClN4OS. The molecule has 0 unspecified atom stereocenters. The van der Waals surface area contributed by atoms with Gasteiger partial charge in [-0.15, -0.1) is 10.2 Å². The van der Waals surface area contributed by atoms with Gasteiger partial charge in [0.05, 0.1) is 11.4 Å². The van der Waals surface area contributed by atoms with Crippen molar-refractivity contribution in [3.63, 3.8) is 0 Å². The summed E-state index contributed by atoms with van der Waals surface area (Å²) in [4.78, 5) is 11.8. The topological polar surface area (TPSA) is 59.8 Å². The SMILES string of the molecule is Cc1ccc(-n2cnnc2SCC(=O)NCC(C)C)cc1Cl. The van der Waals surface area contributed by atoms with E-state index in [0.29, 0.717) is 28.4 Å². The van der Waals surface area contributed by atoms with Gasteiger partial charge in [-0.3, -0.25) is 9.36 Å². The zero-order chi connectivity index (χ0) is 16.1. The predicted octanol–water partition coefficient (Wildman–Crippen LogP) is 3.09. The van der Waals surface area contributed by atoms with Gasteiger partial charge in [0.25, 0.3) is 0 Å². The lowest BCUT2D eigenvalue weighted by Crippen LogP contribution is -2.28. The van der Waals surface area contributed by atoms with Crippen LogP contribution in [-0.4, -0.2) is 33.0 Å². The number of amides is 1. The van der Waals surface area contributed by atoms with Crippen LogP contribution in [0, 0.1) is 12.8 Å². The second kappa shape index (κ2) is 7.65. The maximum Gasteiger partial charge on any atom is 0.230 e. The zero-order valence-electron chi connectivity index (χ0n) is 12.8. The standard InChI is InChI=1S/C15H19ClN4OS/c1-10(2)7-17-14(21)8-22-15-19-18-9-20(15)12-5-4-11(3)13(16)6-12/h4-6,9-10H,7-8H2,1-3H3,(H,17,21). The third-order valence-electron chi connectivity index (χ3n) is 2.99. The fourth-order valence-corrected chi connectivity index (χ4v) is 2.66. The molecule has 7 heteroatoms. The van der Waals surface area contributed by atoms with E-state index in [0.717, 1.165) is 11.3 Å².